The average Bonchev–Trinajstić information content (AvgIpc) is 2.85. The maximum absolute atomic E-state index is 13.8. The molecular formula is C30H26Br2FN. The van der Waals surface area contributed by atoms with E-state index in [1.165, 1.54) is 23.3 Å². The van der Waals surface area contributed by atoms with Gasteiger partial charge in [-0.15, -0.1) is 0 Å². The molecule has 0 N–H and O–H groups in total. The summed E-state index contributed by atoms with van der Waals surface area (Å²) in [5.74, 6) is -0.0696. The van der Waals surface area contributed by atoms with Crippen molar-refractivity contribution in [3.05, 3.63) is 128 Å². The first-order valence-electron chi connectivity index (χ1n) is 11.3. The predicted molar refractivity (Wildman–Crippen MR) is 148 cm³/mol. The van der Waals surface area contributed by atoms with E-state index in [4.69, 9.17) is 4.98 Å². The number of nitrogens with zero attached hydrogens (tertiary/aromatic N) is 1. The standard InChI is InChI=1S/C30H26Br2FN/c1-20(2)29-26(19-28(31)32)25(21-14-16-24(33)17-15-21)18-27(34-29)30(3,22-10-6-4-7-11-22)23-12-8-5-9-13-23/h4-20H,1-3H3. The molecule has 0 amide bonds. The molecule has 1 aromatic heterocycles. The van der Waals surface area contributed by atoms with Crippen molar-refractivity contribution in [1.29, 1.82) is 0 Å². The van der Waals surface area contributed by atoms with Crippen LogP contribution in [0.5, 0.6) is 0 Å². The summed E-state index contributed by atoms with van der Waals surface area (Å²) in [5, 5.41) is 0. The summed E-state index contributed by atoms with van der Waals surface area (Å²) in [4.78, 5) is 5.29. The van der Waals surface area contributed by atoms with Crippen LogP contribution in [0.2, 0.25) is 0 Å². The van der Waals surface area contributed by atoms with Crippen LogP contribution >= 0.6 is 31.9 Å². The van der Waals surface area contributed by atoms with Crippen LogP contribution in [-0.4, -0.2) is 4.98 Å². The van der Waals surface area contributed by atoms with E-state index < -0.39 is 5.41 Å². The highest BCUT2D eigenvalue weighted by Crippen LogP contribution is 2.42. The third kappa shape index (κ3) is 4.94. The number of hydrogen-bond acceptors (Lipinski definition) is 1. The first kappa shape index (κ1) is 24.6. The van der Waals surface area contributed by atoms with Crippen molar-refractivity contribution in [1.82, 2.24) is 4.98 Å². The summed E-state index contributed by atoms with van der Waals surface area (Å²) >= 11 is 7.07. The first-order valence-corrected chi connectivity index (χ1v) is 12.8. The van der Waals surface area contributed by atoms with Crippen molar-refractivity contribution in [2.75, 3.05) is 0 Å². The zero-order valence-corrected chi connectivity index (χ0v) is 22.6. The zero-order valence-electron chi connectivity index (χ0n) is 19.4. The fraction of sp³-hybridized carbons (Fsp3) is 0.167. The van der Waals surface area contributed by atoms with Crippen LogP contribution in [0, 0.1) is 5.82 Å². The van der Waals surface area contributed by atoms with E-state index in [0.29, 0.717) is 0 Å². The Labute approximate surface area is 218 Å². The molecule has 0 atom stereocenters. The number of hydrogen-bond donors (Lipinski definition) is 0. The van der Waals surface area contributed by atoms with Crippen molar-refractivity contribution in [2.45, 2.75) is 32.1 Å². The second-order valence-electron chi connectivity index (χ2n) is 8.81. The van der Waals surface area contributed by atoms with Gasteiger partial charge < -0.3 is 0 Å². The summed E-state index contributed by atoms with van der Waals surface area (Å²) in [5.41, 5.74) is 6.78. The Kier molecular flexibility index (Phi) is 7.49. The smallest absolute Gasteiger partial charge is 0.123 e. The molecular weight excluding hydrogens is 553 g/mol. The lowest BCUT2D eigenvalue weighted by atomic mass is 9.72. The summed E-state index contributed by atoms with van der Waals surface area (Å²) in [6.07, 6.45) is 2.03. The van der Waals surface area contributed by atoms with E-state index in [2.05, 4.69) is 107 Å². The fourth-order valence-electron chi connectivity index (χ4n) is 4.41. The number of pyridine rings is 1. The molecule has 1 nitrogen and oxygen atoms in total. The van der Waals surface area contributed by atoms with E-state index in [9.17, 15) is 4.39 Å². The summed E-state index contributed by atoms with van der Waals surface area (Å²) in [7, 11) is 0. The van der Waals surface area contributed by atoms with Gasteiger partial charge in [0.05, 0.1) is 20.2 Å². The molecule has 4 rings (SSSR count). The Balaban J connectivity index is 2.09. The molecule has 34 heavy (non-hydrogen) atoms. The highest BCUT2D eigenvalue weighted by Gasteiger charge is 2.34. The SMILES string of the molecule is CC(C)c1nc(C(C)(c2ccccc2)c2ccccc2)cc(-c2ccc(F)cc2)c1C=C(Br)Br. The Bertz CT molecular complexity index is 1250. The maximum atomic E-state index is 13.8. The molecule has 4 aromatic rings. The van der Waals surface area contributed by atoms with Crippen molar-refractivity contribution in [3.63, 3.8) is 0 Å². The van der Waals surface area contributed by atoms with Crippen LogP contribution in [0.1, 0.15) is 54.8 Å². The van der Waals surface area contributed by atoms with Gasteiger partial charge >= 0.3 is 0 Å². The van der Waals surface area contributed by atoms with Gasteiger partial charge in [-0.2, -0.15) is 0 Å². The Morgan fingerprint density at radius 1 is 0.853 bits per heavy atom. The van der Waals surface area contributed by atoms with Crippen LogP contribution in [0.15, 0.2) is 94.4 Å². The largest absolute Gasteiger partial charge is 0.256 e. The van der Waals surface area contributed by atoms with E-state index in [0.717, 1.165) is 31.5 Å². The lowest BCUT2D eigenvalue weighted by Gasteiger charge is -2.32. The molecule has 1 heterocycles. The second kappa shape index (κ2) is 10.4. The lowest BCUT2D eigenvalue weighted by Crippen LogP contribution is -2.27. The zero-order chi connectivity index (χ0) is 24.3. The fourth-order valence-corrected chi connectivity index (χ4v) is 4.86. The Hall–Kier alpha value is -2.56. The van der Waals surface area contributed by atoms with E-state index in [-0.39, 0.29) is 11.7 Å². The Morgan fingerprint density at radius 2 is 1.38 bits per heavy atom. The number of benzene rings is 3. The van der Waals surface area contributed by atoms with Crippen molar-refractivity contribution in [2.24, 2.45) is 0 Å². The van der Waals surface area contributed by atoms with Gasteiger partial charge in [-0.3, -0.25) is 4.98 Å². The lowest BCUT2D eigenvalue weighted by molar-refractivity contribution is 0.628. The predicted octanol–water partition coefficient (Wildman–Crippen LogP) is 9.45. The molecule has 0 unspecified atom stereocenters. The average molecular weight is 579 g/mol. The highest BCUT2D eigenvalue weighted by molar-refractivity contribution is 9.28. The molecule has 0 aliphatic heterocycles. The van der Waals surface area contributed by atoms with Gasteiger partial charge in [-0.1, -0.05) is 86.6 Å². The van der Waals surface area contributed by atoms with Crippen molar-refractivity contribution < 1.29 is 4.39 Å². The summed E-state index contributed by atoms with van der Waals surface area (Å²) in [6.45, 7) is 6.54. The van der Waals surface area contributed by atoms with Crippen LogP contribution in [0.25, 0.3) is 17.2 Å². The van der Waals surface area contributed by atoms with Gasteiger partial charge in [-0.25, -0.2) is 4.39 Å². The van der Waals surface area contributed by atoms with Gasteiger partial charge in [0.25, 0.3) is 0 Å². The molecule has 0 bridgehead atoms. The summed E-state index contributed by atoms with van der Waals surface area (Å²) < 4.78 is 14.6. The number of rotatable bonds is 6. The van der Waals surface area contributed by atoms with Crippen molar-refractivity contribution >= 4 is 37.9 Å². The number of aromatic nitrogens is 1. The minimum Gasteiger partial charge on any atom is -0.256 e. The molecule has 0 radical (unpaired) electrons. The van der Waals surface area contributed by atoms with Gasteiger partial charge in [0.2, 0.25) is 0 Å². The van der Waals surface area contributed by atoms with E-state index in [1.807, 2.05) is 30.3 Å². The molecule has 172 valence electrons. The molecule has 0 saturated carbocycles. The van der Waals surface area contributed by atoms with Gasteiger partial charge in [0, 0.05) is 5.56 Å². The monoisotopic (exact) mass is 577 g/mol. The quantitative estimate of drug-likeness (QED) is 0.222. The van der Waals surface area contributed by atoms with Crippen molar-refractivity contribution in [3.8, 4) is 11.1 Å². The summed E-state index contributed by atoms with van der Waals surface area (Å²) in [6, 6.07) is 29.8. The third-order valence-electron chi connectivity index (χ3n) is 6.26. The Morgan fingerprint density at radius 3 is 1.85 bits per heavy atom. The number of halogens is 3. The molecule has 0 aliphatic rings. The molecule has 0 saturated heterocycles. The second-order valence-corrected chi connectivity index (χ2v) is 11.6. The molecule has 3 aromatic carbocycles. The van der Waals surface area contributed by atoms with Crippen LogP contribution < -0.4 is 0 Å². The molecule has 0 aliphatic carbocycles. The molecule has 4 heteroatoms. The third-order valence-corrected chi connectivity index (χ3v) is 6.72. The first-order chi connectivity index (χ1) is 16.3. The topological polar surface area (TPSA) is 12.9 Å². The highest BCUT2D eigenvalue weighted by atomic mass is 79.9. The minimum absolute atomic E-state index is 0.181. The molecule has 0 spiro atoms. The molecule has 0 fully saturated rings. The van der Waals surface area contributed by atoms with Gasteiger partial charge in [0.1, 0.15) is 5.82 Å². The van der Waals surface area contributed by atoms with Gasteiger partial charge in [0.15, 0.2) is 0 Å². The normalized spacial score (nSPS) is 11.5. The maximum Gasteiger partial charge on any atom is 0.123 e. The van der Waals surface area contributed by atoms with Crippen LogP contribution in [0.4, 0.5) is 4.39 Å². The van der Waals surface area contributed by atoms with Gasteiger partial charge in [-0.05, 0) is 91.2 Å². The minimum atomic E-state index is -0.477. The van der Waals surface area contributed by atoms with E-state index >= 15 is 0 Å². The van der Waals surface area contributed by atoms with Crippen LogP contribution in [-0.2, 0) is 5.41 Å². The van der Waals surface area contributed by atoms with Crippen LogP contribution in [0.3, 0.4) is 0 Å². The van der Waals surface area contributed by atoms with E-state index in [1.54, 1.807) is 0 Å².